The smallest absolute Gasteiger partial charge is 0.321 e. The van der Waals surface area contributed by atoms with Crippen molar-refractivity contribution in [1.29, 1.82) is 0 Å². The van der Waals surface area contributed by atoms with Crippen LogP contribution in [0, 0.1) is 0 Å². The maximum atomic E-state index is 11.2. The van der Waals surface area contributed by atoms with Gasteiger partial charge in [-0.3, -0.25) is 4.79 Å². The van der Waals surface area contributed by atoms with Crippen molar-refractivity contribution in [2.45, 2.75) is 6.04 Å². The highest BCUT2D eigenvalue weighted by molar-refractivity contribution is 7.87. The van der Waals surface area contributed by atoms with E-state index in [0.717, 1.165) is 0 Å². The van der Waals surface area contributed by atoms with E-state index in [0.29, 0.717) is 6.54 Å². The Morgan fingerprint density at radius 1 is 1.44 bits per heavy atom. The average Bonchev–Trinajstić information content (AvgIpc) is 2.13. The zero-order valence-corrected chi connectivity index (χ0v) is 10.1. The molecule has 1 unspecified atom stereocenters. The number of nitrogens with two attached hydrogens (primary N) is 1. The number of carboxylic acid groups (broad SMARTS) is 1. The summed E-state index contributed by atoms with van der Waals surface area (Å²) in [6.07, 6.45) is 0. The molecule has 0 aliphatic rings. The van der Waals surface area contributed by atoms with Gasteiger partial charge in [-0.05, 0) is 14.1 Å². The molecule has 0 saturated heterocycles. The number of hydrogen-bond donors (Lipinski definition) is 4. The van der Waals surface area contributed by atoms with Gasteiger partial charge in [0.25, 0.3) is 10.2 Å². The lowest BCUT2D eigenvalue weighted by molar-refractivity contribution is -0.138. The summed E-state index contributed by atoms with van der Waals surface area (Å²) in [6, 6.07) is -1.24. The molecule has 1 atom stereocenters. The molecule has 0 aliphatic heterocycles. The minimum absolute atomic E-state index is 0.241. The van der Waals surface area contributed by atoms with Gasteiger partial charge in [-0.2, -0.15) is 8.42 Å². The Balaban J connectivity index is 3.92. The van der Waals surface area contributed by atoms with Crippen LogP contribution >= 0.6 is 0 Å². The Morgan fingerprint density at radius 2 is 2.00 bits per heavy atom. The predicted octanol–water partition coefficient (Wildman–Crippen LogP) is -2.62. The van der Waals surface area contributed by atoms with E-state index >= 15 is 0 Å². The number of nitrogens with zero attached hydrogens (tertiary/aromatic N) is 1. The molecule has 5 N–H and O–H groups in total. The zero-order valence-electron chi connectivity index (χ0n) is 9.30. The molecule has 96 valence electrons. The topological polar surface area (TPSA) is 125 Å². The molecule has 0 bridgehead atoms. The van der Waals surface area contributed by atoms with E-state index < -0.39 is 22.2 Å². The number of aliphatic carboxylic acids is 1. The van der Waals surface area contributed by atoms with Gasteiger partial charge in [-0.1, -0.05) is 0 Å². The van der Waals surface area contributed by atoms with Gasteiger partial charge < -0.3 is 15.7 Å². The summed E-state index contributed by atoms with van der Waals surface area (Å²) < 4.78 is 26.8. The lowest BCUT2D eigenvalue weighted by Crippen LogP contribution is -2.47. The van der Waals surface area contributed by atoms with Crippen molar-refractivity contribution < 1.29 is 18.3 Å². The highest BCUT2D eigenvalue weighted by atomic mass is 32.2. The predicted molar refractivity (Wildman–Crippen MR) is 59.1 cm³/mol. The van der Waals surface area contributed by atoms with Crippen LogP contribution in [0.3, 0.4) is 0 Å². The maximum absolute atomic E-state index is 11.2. The second kappa shape index (κ2) is 6.76. The third kappa shape index (κ3) is 7.54. The Kier molecular flexibility index (Phi) is 6.45. The van der Waals surface area contributed by atoms with Gasteiger partial charge in [-0.15, -0.1) is 0 Å². The van der Waals surface area contributed by atoms with E-state index in [9.17, 15) is 13.2 Å². The van der Waals surface area contributed by atoms with Crippen molar-refractivity contribution in [3.63, 3.8) is 0 Å². The minimum atomic E-state index is -3.68. The molecule has 16 heavy (non-hydrogen) atoms. The largest absolute Gasteiger partial charge is 0.480 e. The van der Waals surface area contributed by atoms with E-state index in [-0.39, 0.29) is 13.1 Å². The standard InChI is InChI=1S/C7H18N4O4S/c1-11(2)4-3-9-16(14,15)10-5-6(8)7(12)13/h6,9-10H,3-5,8H2,1-2H3,(H,12,13). The minimum Gasteiger partial charge on any atom is -0.480 e. The summed E-state index contributed by atoms with van der Waals surface area (Å²) in [5.74, 6) is -1.25. The van der Waals surface area contributed by atoms with Crippen molar-refractivity contribution in [2.24, 2.45) is 5.73 Å². The second-order valence-electron chi connectivity index (χ2n) is 3.49. The Bertz CT molecular complexity index is 316. The Hall–Kier alpha value is -0.740. The molecule has 0 heterocycles. The van der Waals surface area contributed by atoms with Crippen molar-refractivity contribution in [3.8, 4) is 0 Å². The van der Waals surface area contributed by atoms with Crippen LogP contribution in [-0.2, 0) is 15.0 Å². The molecule has 0 aliphatic carbocycles. The molecule has 0 aromatic rings. The molecule has 0 aromatic carbocycles. The number of carboxylic acids is 1. The molecular formula is C7H18N4O4S. The molecule has 8 nitrogen and oxygen atoms in total. The maximum Gasteiger partial charge on any atom is 0.321 e. The molecular weight excluding hydrogens is 236 g/mol. The third-order valence-corrected chi connectivity index (χ3v) is 2.79. The zero-order chi connectivity index (χ0) is 12.8. The summed E-state index contributed by atoms with van der Waals surface area (Å²) in [6.45, 7) is 0.448. The number of likely N-dealkylation sites (N-methyl/N-ethyl adjacent to an activating group) is 1. The van der Waals surface area contributed by atoms with E-state index in [1.54, 1.807) is 0 Å². The van der Waals surface area contributed by atoms with Crippen molar-refractivity contribution in [3.05, 3.63) is 0 Å². The highest BCUT2D eigenvalue weighted by Gasteiger charge is 2.15. The molecule has 0 saturated carbocycles. The van der Waals surface area contributed by atoms with Crippen LogP contribution in [0.15, 0.2) is 0 Å². The van der Waals surface area contributed by atoms with Crippen molar-refractivity contribution >= 4 is 16.2 Å². The first kappa shape index (κ1) is 15.3. The Labute approximate surface area is 95.0 Å². The van der Waals surface area contributed by atoms with Crippen molar-refractivity contribution in [1.82, 2.24) is 14.3 Å². The molecule has 9 heteroatoms. The van der Waals surface area contributed by atoms with Crippen LogP contribution in [0.25, 0.3) is 0 Å². The summed E-state index contributed by atoms with van der Waals surface area (Å²) in [7, 11) is -0.0606. The van der Waals surface area contributed by atoms with Crippen LogP contribution in [-0.4, -0.2) is 64.2 Å². The molecule has 0 amide bonds. The highest BCUT2D eigenvalue weighted by Crippen LogP contribution is 1.81. The van der Waals surface area contributed by atoms with Gasteiger partial charge in [0.1, 0.15) is 6.04 Å². The monoisotopic (exact) mass is 254 g/mol. The third-order valence-electron chi connectivity index (χ3n) is 1.66. The number of hydrogen-bond acceptors (Lipinski definition) is 5. The van der Waals surface area contributed by atoms with Crippen LogP contribution in [0.4, 0.5) is 0 Å². The van der Waals surface area contributed by atoms with Crippen LogP contribution in [0.5, 0.6) is 0 Å². The summed E-state index contributed by atoms with van der Waals surface area (Å²) in [5.41, 5.74) is 5.14. The normalized spacial score (nSPS) is 14.0. The molecule has 0 fully saturated rings. The molecule has 0 rings (SSSR count). The summed E-state index contributed by atoms with van der Waals surface area (Å²) in [5, 5.41) is 8.44. The Morgan fingerprint density at radius 3 is 2.44 bits per heavy atom. The first-order valence-corrected chi connectivity index (χ1v) is 6.10. The first-order valence-electron chi connectivity index (χ1n) is 4.62. The fraction of sp³-hybridized carbons (Fsp3) is 0.857. The van der Waals surface area contributed by atoms with E-state index in [1.165, 1.54) is 0 Å². The first-order chi connectivity index (χ1) is 7.24. The van der Waals surface area contributed by atoms with Crippen LogP contribution in [0.1, 0.15) is 0 Å². The second-order valence-corrected chi connectivity index (χ2v) is 5.08. The summed E-state index contributed by atoms with van der Waals surface area (Å²) >= 11 is 0. The number of nitrogens with one attached hydrogen (secondary N) is 2. The van der Waals surface area contributed by atoms with Gasteiger partial charge >= 0.3 is 5.97 Å². The fourth-order valence-electron chi connectivity index (χ4n) is 0.741. The number of rotatable bonds is 8. The van der Waals surface area contributed by atoms with Crippen LogP contribution < -0.4 is 15.2 Å². The summed E-state index contributed by atoms with van der Waals surface area (Å²) in [4.78, 5) is 12.1. The quantitative estimate of drug-likeness (QED) is 0.376. The molecule has 0 radical (unpaired) electrons. The fourth-order valence-corrected chi connectivity index (χ4v) is 1.60. The van der Waals surface area contributed by atoms with Gasteiger partial charge in [0, 0.05) is 19.6 Å². The van der Waals surface area contributed by atoms with Gasteiger partial charge in [0.05, 0.1) is 0 Å². The van der Waals surface area contributed by atoms with E-state index in [2.05, 4.69) is 9.44 Å². The lowest BCUT2D eigenvalue weighted by atomic mass is 10.3. The molecule has 0 aromatic heterocycles. The average molecular weight is 254 g/mol. The van der Waals surface area contributed by atoms with E-state index in [4.69, 9.17) is 10.8 Å². The van der Waals surface area contributed by atoms with Gasteiger partial charge in [-0.25, -0.2) is 9.44 Å². The van der Waals surface area contributed by atoms with Gasteiger partial charge in [0.15, 0.2) is 0 Å². The van der Waals surface area contributed by atoms with E-state index in [1.807, 2.05) is 19.0 Å². The SMILES string of the molecule is CN(C)CCNS(=O)(=O)NCC(N)C(=O)O. The van der Waals surface area contributed by atoms with Crippen molar-refractivity contribution in [2.75, 3.05) is 33.7 Å². The lowest BCUT2D eigenvalue weighted by Gasteiger charge is -2.12. The number of carbonyl (C=O) groups is 1. The van der Waals surface area contributed by atoms with Gasteiger partial charge in [0.2, 0.25) is 0 Å². The molecule has 0 spiro atoms. The van der Waals surface area contributed by atoms with Crippen LogP contribution in [0.2, 0.25) is 0 Å².